The summed E-state index contributed by atoms with van der Waals surface area (Å²) in [4.78, 5) is 0. The van der Waals surface area contributed by atoms with Gasteiger partial charge in [0, 0.05) is 18.4 Å². The first-order chi connectivity index (χ1) is 18.4. The van der Waals surface area contributed by atoms with Gasteiger partial charge in [0.25, 0.3) is 0 Å². The van der Waals surface area contributed by atoms with E-state index in [-0.39, 0.29) is 66.3 Å². The lowest BCUT2D eigenvalue weighted by atomic mass is 9.91. The summed E-state index contributed by atoms with van der Waals surface area (Å²) >= 11 is 0. The van der Waals surface area contributed by atoms with Gasteiger partial charge >= 0.3 is 0 Å². The highest BCUT2D eigenvalue weighted by Gasteiger charge is 2.45. The molecule has 0 radical (unpaired) electrons. The second-order valence-corrected chi connectivity index (χ2v) is 13.5. The Morgan fingerprint density at radius 3 is 1.32 bits per heavy atom. The summed E-state index contributed by atoms with van der Waals surface area (Å²) < 4.78 is 52.3. The molecule has 0 aromatic heterocycles. The maximum absolute atomic E-state index is 14.5. The molecule has 1 N–H and O–H groups in total. The Kier molecular flexibility index (Phi) is 15.0. The van der Waals surface area contributed by atoms with Crippen molar-refractivity contribution in [2.24, 2.45) is 35.5 Å². The van der Waals surface area contributed by atoms with Crippen LogP contribution < -0.4 is 0 Å². The van der Waals surface area contributed by atoms with Crippen LogP contribution in [0.15, 0.2) is 23.8 Å². The topological polar surface area (TPSA) is 57.2 Å². The molecule has 0 unspecified atom stereocenters. The molecule has 0 saturated carbocycles. The van der Waals surface area contributed by atoms with Gasteiger partial charge in [-0.2, -0.15) is 0 Å². The van der Waals surface area contributed by atoms with Crippen molar-refractivity contribution in [2.75, 3.05) is 6.61 Å². The second-order valence-electron chi connectivity index (χ2n) is 13.5. The van der Waals surface area contributed by atoms with Crippen molar-refractivity contribution in [3.05, 3.63) is 23.8 Å². The van der Waals surface area contributed by atoms with E-state index in [4.69, 9.17) is 24.1 Å². The Morgan fingerprint density at radius 2 is 1.02 bits per heavy atom. The maximum Gasteiger partial charge on any atom is 0.163 e. The molecule has 8 atom stereocenters. The van der Waals surface area contributed by atoms with Crippen LogP contribution in [0.3, 0.4) is 0 Å². The number of hydrogen-bond donors (Lipinski definition) is 1. The molecule has 0 amide bonds. The zero-order valence-electron chi connectivity index (χ0n) is 27.6. The quantitative estimate of drug-likeness (QED) is 0.252. The Labute approximate surface area is 244 Å². The van der Waals surface area contributed by atoms with Crippen LogP contribution in [-0.4, -0.2) is 47.7 Å². The number of allylic oxidation sites excluding steroid dienone is 2. The van der Waals surface area contributed by atoms with E-state index < -0.39 is 11.6 Å². The first-order valence-electron chi connectivity index (χ1n) is 15.4. The molecule has 2 aliphatic heterocycles. The molecule has 7 heteroatoms. The fourth-order valence-corrected chi connectivity index (χ4v) is 4.94. The average Bonchev–Trinajstić information content (AvgIpc) is 3.32. The largest absolute Gasteiger partial charge is 0.396 e. The molecule has 2 rings (SSSR count). The van der Waals surface area contributed by atoms with Crippen LogP contribution in [0.4, 0.5) is 8.78 Å². The number of halogens is 2. The zero-order chi connectivity index (χ0) is 31.0. The van der Waals surface area contributed by atoms with Crippen molar-refractivity contribution < 1.29 is 32.8 Å². The third kappa shape index (κ3) is 11.4. The van der Waals surface area contributed by atoms with E-state index in [0.29, 0.717) is 18.3 Å². The van der Waals surface area contributed by atoms with Crippen molar-refractivity contribution in [2.45, 2.75) is 145 Å². The lowest BCUT2D eigenvalue weighted by Crippen LogP contribution is -2.31. The van der Waals surface area contributed by atoms with E-state index >= 15 is 0 Å². The minimum absolute atomic E-state index is 0.0149. The van der Waals surface area contributed by atoms with E-state index in [1.807, 2.05) is 48.5 Å². The summed E-state index contributed by atoms with van der Waals surface area (Å²) in [5, 5.41) is 9.11. The first-order valence-corrected chi connectivity index (χ1v) is 15.4. The summed E-state index contributed by atoms with van der Waals surface area (Å²) in [6, 6.07) is 0. The molecule has 2 saturated heterocycles. The van der Waals surface area contributed by atoms with E-state index in [1.165, 1.54) is 0 Å². The Morgan fingerprint density at radius 1 is 0.675 bits per heavy atom. The van der Waals surface area contributed by atoms with Crippen LogP contribution >= 0.6 is 0 Å². The molecule has 0 aromatic rings. The standard InChI is InChI=1S/C17H31FO2.C16H29FO3/c1-8-9-15-16(20-17(6,7)19-15)13(5)14(18)10-12(4)11(2)3;1-10(2)11(3)9-13(17)12(4)15-14(7-8-18)19-16(5,6)20-15/h10-13,15-16H,8-9H2,1-7H3;9-12,14-15,18H,7-8H2,1-6H3/b14-10+;13-9+/t12-,13-,15+,16-;11-,12-,14+,15-/m11/s1. The van der Waals surface area contributed by atoms with Crippen molar-refractivity contribution in [3.8, 4) is 0 Å². The molecular formula is C33H60F2O5. The molecule has 0 aromatic carbocycles. The third-order valence-electron chi connectivity index (χ3n) is 8.23. The van der Waals surface area contributed by atoms with Gasteiger partial charge in [-0.3, -0.25) is 0 Å². The monoisotopic (exact) mass is 574 g/mol. The average molecular weight is 575 g/mol. The van der Waals surface area contributed by atoms with Crippen LogP contribution in [0.5, 0.6) is 0 Å². The van der Waals surface area contributed by atoms with Gasteiger partial charge in [-0.1, -0.05) is 68.7 Å². The number of aliphatic hydroxyl groups is 1. The van der Waals surface area contributed by atoms with Gasteiger partial charge in [0.15, 0.2) is 11.6 Å². The highest BCUT2D eigenvalue weighted by molar-refractivity contribution is 5.05. The van der Waals surface area contributed by atoms with Gasteiger partial charge < -0.3 is 24.1 Å². The van der Waals surface area contributed by atoms with Gasteiger partial charge in [0.2, 0.25) is 0 Å². The summed E-state index contributed by atoms with van der Waals surface area (Å²) in [5.74, 6) is -0.912. The predicted octanol–water partition coefficient (Wildman–Crippen LogP) is 8.76. The highest BCUT2D eigenvalue weighted by Crippen LogP contribution is 2.38. The summed E-state index contributed by atoms with van der Waals surface area (Å²) in [7, 11) is 0. The van der Waals surface area contributed by atoms with E-state index in [1.54, 1.807) is 12.2 Å². The zero-order valence-corrected chi connectivity index (χ0v) is 27.6. The molecule has 0 bridgehead atoms. The fraction of sp³-hybridized carbons (Fsp3) is 0.879. The maximum atomic E-state index is 14.5. The molecule has 236 valence electrons. The Balaban J connectivity index is 0.000000400. The van der Waals surface area contributed by atoms with Crippen LogP contribution in [0, 0.1) is 35.5 Å². The number of rotatable bonds is 12. The van der Waals surface area contributed by atoms with Crippen LogP contribution in [0.1, 0.15) is 109 Å². The molecule has 2 aliphatic rings. The smallest absolute Gasteiger partial charge is 0.163 e. The third-order valence-corrected chi connectivity index (χ3v) is 8.23. The predicted molar refractivity (Wildman–Crippen MR) is 159 cm³/mol. The highest BCUT2D eigenvalue weighted by atomic mass is 19.1. The summed E-state index contributed by atoms with van der Waals surface area (Å²) in [6.45, 7) is 25.7. The lowest BCUT2D eigenvalue weighted by molar-refractivity contribution is -0.150. The molecule has 2 heterocycles. The number of ether oxygens (including phenoxy) is 4. The van der Waals surface area contributed by atoms with Crippen molar-refractivity contribution in [1.82, 2.24) is 0 Å². The van der Waals surface area contributed by atoms with Gasteiger partial charge in [-0.05, 0) is 76.4 Å². The lowest BCUT2D eigenvalue weighted by Gasteiger charge is -2.23. The molecular weight excluding hydrogens is 514 g/mol. The Bertz CT molecular complexity index is 741. The number of aliphatic hydroxyl groups excluding tert-OH is 1. The van der Waals surface area contributed by atoms with E-state index in [9.17, 15) is 8.78 Å². The van der Waals surface area contributed by atoms with Crippen LogP contribution in [0.2, 0.25) is 0 Å². The SMILES string of the molecule is CC(C)[C@H](C)/C=C(/F)[C@@H](C)[C@H]1OC(C)(C)O[C@H]1CCO.CCC[C@@H]1OC(C)(C)O[C@@H]1[C@H](C)/C(F)=C\[C@@H](C)C(C)C. The van der Waals surface area contributed by atoms with Crippen molar-refractivity contribution >= 4 is 0 Å². The molecule has 5 nitrogen and oxygen atoms in total. The summed E-state index contributed by atoms with van der Waals surface area (Å²) in [5.41, 5.74) is 0. The van der Waals surface area contributed by atoms with E-state index in [0.717, 1.165) is 12.8 Å². The fourth-order valence-electron chi connectivity index (χ4n) is 4.94. The van der Waals surface area contributed by atoms with Gasteiger partial charge in [0.1, 0.15) is 11.7 Å². The minimum Gasteiger partial charge on any atom is -0.396 e. The van der Waals surface area contributed by atoms with E-state index in [2.05, 4.69) is 41.5 Å². The minimum atomic E-state index is -0.720. The first kappa shape index (κ1) is 37.2. The normalized spacial score (nSPS) is 29.8. The van der Waals surface area contributed by atoms with Crippen molar-refractivity contribution in [3.63, 3.8) is 0 Å². The number of hydrogen-bond acceptors (Lipinski definition) is 5. The van der Waals surface area contributed by atoms with Crippen LogP contribution in [0.25, 0.3) is 0 Å². The second kappa shape index (κ2) is 16.1. The van der Waals surface area contributed by atoms with Gasteiger partial charge in [-0.15, -0.1) is 0 Å². The van der Waals surface area contributed by atoms with Gasteiger partial charge in [0.05, 0.1) is 24.4 Å². The van der Waals surface area contributed by atoms with Gasteiger partial charge in [-0.25, -0.2) is 8.78 Å². The van der Waals surface area contributed by atoms with Crippen molar-refractivity contribution in [1.29, 1.82) is 0 Å². The molecule has 40 heavy (non-hydrogen) atoms. The summed E-state index contributed by atoms with van der Waals surface area (Å²) in [6.07, 6.45) is 4.98. The molecule has 0 spiro atoms. The molecule has 0 aliphatic carbocycles. The van der Waals surface area contributed by atoms with Crippen LogP contribution in [-0.2, 0) is 18.9 Å². The Hall–Kier alpha value is -0.860. The molecule has 2 fully saturated rings.